The maximum absolute atomic E-state index is 12.5. The Hall–Kier alpha value is -1.04. The zero-order valence-corrected chi connectivity index (χ0v) is 13.6. The number of alkyl halides is 2. The van der Waals surface area contributed by atoms with Crippen molar-refractivity contribution in [1.82, 2.24) is 0 Å². The van der Waals surface area contributed by atoms with Crippen LogP contribution in [0.3, 0.4) is 0 Å². The third-order valence-electron chi connectivity index (χ3n) is 2.61. The summed E-state index contributed by atoms with van der Waals surface area (Å²) < 4.78 is 29.8. The molecule has 1 N–H and O–H groups in total. The molecule has 21 heavy (non-hydrogen) atoms. The number of anilines is 1. The second-order valence-electron chi connectivity index (χ2n) is 4.12. The predicted octanol–water partition coefficient (Wildman–Crippen LogP) is 5.97. The van der Waals surface area contributed by atoms with Crippen molar-refractivity contribution in [2.75, 3.05) is 5.32 Å². The SMILES string of the molecule is FC(F)Oc1c(Br)cc(Cl)cc1NCc1ccc(Cl)cc1. The largest absolute Gasteiger partial charge is 0.431 e. The lowest BCUT2D eigenvalue weighted by molar-refractivity contribution is -0.0498. The van der Waals surface area contributed by atoms with Gasteiger partial charge in [-0.25, -0.2) is 0 Å². The molecular formula is C14H10BrCl2F2NO. The highest BCUT2D eigenvalue weighted by Gasteiger charge is 2.14. The fourth-order valence-corrected chi connectivity index (χ4v) is 2.73. The summed E-state index contributed by atoms with van der Waals surface area (Å²) in [4.78, 5) is 0. The van der Waals surface area contributed by atoms with Crippen molar-refractivity contribution in [2.24, 2.45) is 0 Å². The van der Waals surface area contributed by atoms with Crippen LogP contribution in [0.2, 0.25) is 10.0 Å². The molecule has 0 atom stereocenters. The van der Waals surface area contributed by atoms with Crippen LogP contribution in [0.25, 0.3) is 0 Å². The lowest BCUT2D eigenvalue weighted by atomic mass is 10.2. The van der Waals surface area contributed by atoms with Gasteiger partial charge in [0.05, 0.1) is 10.2 Å². The first-order valence-electron chi connectivity index (χ1n) is 5.88. The summed E-state index contributed by atoms with van der Waals surface area (Å²) >= 11 is 14.9. The number of nitrogens with one attached hydrogen (secondary N) is 1. The van der Waals surface area contributed by atoms with Gasteiger partial charge in [0.15, 0.2) is 5.75 Å². The molecule has 0 fully saturated rings. The molecule has 2 aromatic carbocycles. The van der Waals surface area contributed by atoms with Crippen LogP contribution >= 0.6 is 39.1 Å². The van der Waals surface area contributed by atoms with Crippen molar-refractivity contribution in [3.63, 3.8) is 0 Å². The number of hydrogen-bond acceptors (Lipinski definition) is 2. The number of ether oxygens (including phenoxy) is 1. The van der Waals surface area contributed by atoms with Gasteiger partial charge in [0, 0.05) is 16.6 Å². The molecular weight excluding hydrogens is 387 g/mol. The van der Waals surface area contributed by atoms with E-state index in [4.69, 9.17) is 23.2 Å². The first-order valence-corrected chi connectivity index (χ1v) is 7.43. The Morgan fingerprint density at radius 3 is 2.38 bits per heavy atom. The summed E-state index contributed by atoms with van der Waals surface area (Å²) in [6.07, 6.45) is 0. The number of rotatable bonds is 5. The Labute approximate surface area is 139 Å². The Morgan fingerprint density at radius 2 is 1.76 bits per heavy atom. The number of hydrogen-bond donors (Lipinski definition) is 1. The van der Waals surface area contributed by atoms with Crippen LogP contribution in [0.5, 0.6) is 5.75 Å². The minimum Gasteiger partial charge on any atom is -0.431 e. The zero-order chi connectivity index (χ0) is 15.4. The van der Waals surface area contributed by atoms with Crippen molar-refractivity contribution in [3.05, 3.63) is 56.5 Å². The monoisotopic (exact) mass is 395 g/mol. The molecule has 0 aliphatic carbocycles. The van der Waals surface area contributed by atoms with E-state index in [0.717, 1.165) is 5.56 Å². The van der Waals surface area contributed by atoms with Crippen LogP contribution < -0.4 is 10.1 Å². The van der Waals surface area contributed by atoms with E-state index in [1.807, 2.05) is 12.1 Å². The van der Waals surface area contributed by atoms with Crippen LogP contribution in [0.4, 0.5) is 14.5 Å². The van der Waals surface area contributed by atoms with E-state index in [9.17, 15) is 8.78 Å². The van der Waals surface area contributed by atoms with Crippen LogP contribution in [-0.2, 0) is 6.54 Å². The maximum Gasteiger partial charge on any atom is 0.387 e. The zero-order valence-electron chi connectivity index (χ0n) is 10.5. The van der Waals surface area contributed by atoms with Gasteiger partial charge in [0.1, 0.15) is 0 Å². The predicted molar refractivity (Wildman–Crippen MR) is 84.6 cm³/mol. The van der Waals surface area contributed by atoms with Gasteiger partial charge in [-0.15, -0.1) is 0 Å². The lowest BCUT2D eigenvalue weighted by Gasteiger charge is -2.15. The summed E-state index contributed by atoms with van der Waals surface area (Å²) in [5, 5.41) is 4.06. The molecule has 0 amide bonds. The standard InChI is InChI=1S/C14H10BrCl2F2NO/c15-11-5-10(17)6-12(13(11)21-14(18)19)20-7-8-1-3-9(16)4-2-8/h1-6,14,20H,7H2. The van der Waals surface area contributed by atoms with Crippen LogP contribution in [0, 0.1) is 0 Å². The molecule has 0 aromatic heterocycles. The molecule has 0 heterocycles. The van der Waals surface area contributed by atoms with Gasteiger partial charge < -0.3 is 10.1 Å². The molecule has 2 aromatic rings. The summed E-state index contributed by atoms with van der Waals surface area (Å²) in [5.41, 5.74) is 1.32. The van der Waals surface area contributed by atoms with E-state index in [2.05, 4.69) is 26.0 Å². The minimum atomic E-state index is -2.92. The van der Waals surface area contributed by atoms with Crippen molar-refractivity contribution >= 4 is 44.8 Å². The van der Waals surface area contributed by atoms with Crippen LogP contribution in [-0.4, -0.2) is 6.61 Å². The minimum absolute atomic E-state index is 0.0170. The summed E-state index contributed by atoms with van der Waals surface area (Å²) in [6, 6.07) is 10.2. The molecule has 0 saturated carbocycles. The van der Waals surface area contributed by atoms with Gasteiger partial charge >= 0.3 is 6.61 Å². The quantitative estimate of drug-likeness (QED) is 0.672. The van der Waals surface area contributed by atoms with Gasteiger partial charge in [-0.3, -0.25) is 0 Å². The molecule has 0 bridgehead atoms. The number of halogens is 5. The van der Waals surface area contributed by atoms with Gasteiger partial charge in [-0.05, 0) is 45.8 Å². The van der Waals surface area contributed by atoms with E-state index in [1.165, 1.54) is 12.1 Å². The smallest absolute Gasteiger partial charge is 0.387 e. The van der Waals surface area contributed by atoms with Crippen molar-refractivity contribution in [3.8, 4) is 5.75 Å². The first kappa shape index (κ1) is 16.3. The van der Waals surface area contributed by atoms with Gasteiger partial charge in [0.25, 0.3) is 0 Å². The third-order valence-corrected chi connectivity index (χ3v) is 3.67. The maximum atomic E-state index is 12.5. The van der Waals surface area contributed by atoms with Crippen LogP contribution in [0.1, 0.15) is 5.56 Å². The highest BCUT2D eigenvalue weighted by molar-refractivity contribution is 9.10. The molecule has 112 valence electrons. The highest BCUT2D eigenvalue weighted by Crippen LogP contribution is 2.37. The molecule has 0 spiro atoms. The fraction of sp³-hybridized carbons (Fsp3) is 0.143. The second kappa shape index (κ2) is 7.29. The number of benzene rings is 2. The third kappa shape index (κ3) is 4.73. The van der Waals surface area contributed by atoms with Gasteiger partial charge in [0.2, 0.25) is 0 Å². The molecule has 0 radical (unpaired) electrons. The summed E-state index contributed by atoms with van der Waals surface area (Å²) in [6.45, 7) is -2.50. The first-order chi connectivity index (χ1) is 9.95. The van der Waals surface area contributed by atoms with Gasteiger partial charge in [-0.2, -0.15) is 8.78 Å². The van der Waals surface area contributed by atoms with Crippen molar-refractivity contribution in [1.29, 1.82) is 0 Å². The van der Waals surface area contributed by atoms with Gasteiger partial charge in [-0.1, -0.05) is 35.3 Å². The topological polar surface area (TPSA) is 21.3 Å². The van der Waals surface area contributed by atoms with Crippen molar-refractivity contribution < 1.29 is 13.5 Å². The lowest BCUT2D eigenvalue weighted by Crippen LogP contribution is -2.07. The Morgan fingerprint density at radius 1 is 1.10 bits per heavy atom. The molecule has 0 unspecified atom stereocenters. The van der Waals surface area contributed by atoms with E-state index in [1.54, 1.807) is 12.1 Å². The molecule has 2 rings (SSSR count). The second-order valence-corrected chi connectivity index (χ2v) is 5.85. The van der Waals surface area contributed by atoms with E-state index >= 15 is 0 Å². The Kier molecular flexibility index (Phi) is 5.67. The Bertz CT molecular complexity index is 623. The molecule has 0 aliphatic heterocycles. The molecule has 2 nitrogen and oxygen atoms in total. The molecule has 7 heteroatoms. The highest BCUT2D eigenvalue weighted by atomic mass is 79.9. The average molecular weight is 397 g/mol. The molecule has 0 aliphatic rings. The van der Waals surface area contributed by atoms with E-state index < -0.39 is 6.61 Å². The molecule has 0 saturated heterocycles. The summed E-state index contributed by atoms with van der Waals surface area (Å²) in [7, 11) is 0. The Balaban J connectivity index is 2.19. The average Bonchev–Trinajstić information content (AvgIpc) is 2.41. The van der Waals surface area contributed by atoms with E-state index in [-0.39, 0.29) is 5.75 Å². The summed E-state index contributed by atoms with van der Waals surface area (Å²) in [5.74, 6) is 0.0170. The van der Waals surface area contributed by atoms with Crippen LogP contribution in [0.15, 0.2) is 40.9 Å². The van der Waals surface area contributed by atoms with E-state index in [0.29, 0.717) is 26.8 Å². The fourth-order valence-electron chi connectivity index (χ4n) is 1.70. The normalized spacial score (nSPS) is 10.8. The van der Waals surface area contributed by atoms with Crippen molar-refractivity contribution in [2.45, 2.75) is 13.2 Å².